The minimum absolute atomic E-state index is 0.781. The molecule has 1 aromatic carbocycles. The van der Waals surface area contributed by atoms with E-state index in [1.165, 1.54) is 10.9 Å². The van der Waals surface area contributed by atoms with Gasteiger partial charge in [-0.25, -0.2) is 0 Å². The number of hydrogen-bond acceptors (Lipinski definition) is 0. The third-order valence-electron chi connectivity index (χ3n) is 2.43. The topological polar surface area (TPSA) is 43.4 Å². The molecule has 0 saturated carbocycles. The van der Waals surface area contributed by atoms with Crippen LogP contribution in [0.25, 0.3) is 10.9 Å². The largest absolute Gasteiger partial charge is 0.361 e. The summed E-state index contributed by atoms with van der Waals surface area (Å²) in [4.78, 5) is 3.23. The lowest BCUT2D eigenvalue weighted by Gasteiger charge is -1.96. The molecule has 0 atom stereocenters. The van der Waals surface area contributed by atoms with Crippen molar-refractivity contribution in [2.24, 2.45) is 0 Å². The van der Waals surface area contributed by atoms with Crippen molar-refractivity contribution in [1.29, 1.82) is 0 Å². The van der Waals surface area contributed by atoms with Gasteiger partial charge >= 0.3 is 0 Å². The Morgan fingerprint density at radius 2 is 2.21 bits per heavy atom. The van der Waals surface area contributed by atoms with E-state index in [0.717, 1.165) is 29.9 Å². The number of rotatable bonds is 3. The van der Waals surface area contributed by atoms with Gasteiger partial charge in [0.05, 0.1) is 6.54 Å². The van der Waals surface area contributed by atoms with Crippen molar-refractivity contribution in [2.75, 3.05) is 6.54 Å². The summed E-state index contributed by atoms with van der Waals surface area (Å²) in [6, 6.07) is 5.97. The first-order valence-electron chi connectivity index (χ1n) is 4.86. The summed E-state index contributed by atoms with van der Waals surface area (Å²) >= 11 is 5.90. The van der Waals surface area contributed by atoms with E-state index in [0.29, 0.717) is 0 Å². The minimum Gasteiger partial charge on any atom is -0.361 e. The summed E-state index contributed by atoms with van der Waals surface area (Å²) in [6.45, 7) is 0.986. The Labute approximate surface area is 88.1 Å². The maximum absolute atomic E-state index is 5.90. The molecule has 2 rings (SSSR count). The molecule has 2 nitrogen and oxygen atoms in total. The third-order valence-corrected chi connectivity index (χ3v) is 2.66. The zero-order valence-corrected chi connectivity index (χ0v) is 8.77. The van der Waals surface area contributed by atoms with E-state index in [-0.39, 0.29) is 0 Å². The molecule has 0 unspecified atom stereocenters. The van der Waals surface area contributed by atoms with Gasteiger partial charge in [0, 0.05) is 28.5 Å². The molecule has 0 spiro atoms. The lowest BCUT2D eigenvalue weighted by Crippen LogP contribution is -2.50. The first kappa shape index (κ1) is 9.56. The molecule has 4 N–H and O–H groups in total. The number of benzene rings is 1. The van der Waals surface area contributed by atoms with Crippen LogP contribution in [-0.4, -0.2) is 11.5 Å². The van der Waals surface area contributed by atoms with Gasteiger partial charge < -0.3 is 10.7 Å². The van der Waals surface area contributed by atoms with Crippen LogP contribution in [0.4, 0.5) is 0 Å². The number of fused-ring (bicyclic) bond motifs is 1. The monoisotopic (exact) mass is 209 g/mol. The molecule has 0 aliphatic heterocycles. The number of aromatic amines is 1. The summed E-state index contributed by atoms with van der Waals surface area (Å²) in [5.74, 6) is 0. The van der Waals surface area contributed by atoms with Crippen LogP contribution < -0.4 is 5.73 Å². The highest BCUT2D eigenvalue weighted by Crippen LogP contribution is 2.22. The van der Waals surface area contributed by atoms with Crippen LogP contribution in [0.2, 0.25) is 5.02 Å². The number of H-pyrrole nitrogens is 1. The molecular weight excluding hydrogens is 196 g/mol. The highest BCUT2D eigenvalue weighted by molar-refractivity contribution is 6.31. The number of hydrogen-bond donors (Lipinski definition) is 2. The summed E-state index contributed by atoms with van der Waals surface area (Å²) in [5.41, 5.74) is 6.33. The Morgan fingerprint density at radius 1 is 1.36 bits per heavy atom. The number of quaternary nitrogens is 1. The fourth-order valence-electron chi connectivity index (χ4n) is 1.68. The lowest BCUT2D eigenvalue weighted by molar-refractivity contribution is -0.368. The fraction of sp³-hybridized carbons (Fsp3) is 0.273. The number of aromatic nitrogens is 1. The van der Waals surface area contributed by atoms with E-state index in [4.69, 9.17) is 11.6 Å². The second kappa shape index (κ2) is 4.03. The molecule has 1 aromatic heterocycles. The number of halogens is 1. The fourth-order valence-corrected chi connectivity index (χ4v) is 1.85. The predicted molar refractivity (Wildman–Crippen MR) is 59.4 cm³/mol. The average molecular weight is 210 g/mol. The van der Waals surface area contributed by atoms with Crippen LogP contribution in [0.15, 0.2) is 24.4 Å². The summed E-state index contributed by atoms with van der Waals surface area (Å²) in [5, 5.41) is 2.06. The Bertz CT molecular complexity index is 434. The molecule has 0 radical (unpaired) electrons. The molecule has 0 amide bonds. The van der Waals surface area contributed by atoms with Crippen molar-refractivity contribution in [3.63, 3.8) is 0 Å². The quantitative estimate of drug-likeness (QED) is 0.777. The Morgan fingerprint density at radius 3 is 3.00 bits per heavy atom. The second-order valence-corrected chi connectivity index (χ2v) is 3.90. The molecule has 0 fully saturated rings. The standard InChI is InChI=1S/C11H13ClN2/c12-9-3-4-10-8(2-1-5-13)7-14-11(10)6-9/h3-4,6-7,14H,1-2,5,13H2/p+1. The van der Waals surface area contributed by atoms with Crippen LogP contribution in [0, 0.1) is 0 Å². The number of nitrogens with one attached hydrogen (secondary N) is 1. The maximum Gasteiger partial charge on any atom is 0.0743 e. The van der Waals surface area contributed by atoms with E-state index < -0.39 is 0 Å². The van der Waals surface area contributed by atoms with E-state index in [9.17, 15) is 0 Å². The highest BCUT2D eigenvalue weighted by Gasteiger charge is 2.03. The van der Waals surface area contributed by atoms with E-state index in [2.05, 4.69) is 23.0 Å². The van der Waals surface area contributed by atoms with Crippen molar-refractivity contribution in [1.82, 2.24) is 4.98 Å². The van der Waals surface area contributed by atoms with Gasteiger partial charge in [0.1, 0.15) is 0 Å². The molecule has 14 heavy (non-hydrogen) atoms. The van der Waals surface area contributed by atoms with Crippen LogP contribution in [-0.2, 0) is 6.42 Å². The van der Waals surface area contributed by atoms with Crippen molar-refractivity contribution in [3.05, 3.63) is 35.0 Å². The first-order chi connectivity index (χ1) is 6.81. The van der Waals surface area contributed by atoms with Crippen LogP contribution >= 0.6 is 11.6 Å². The molecule has 1 heterocycles. The van der Waals surface area contributed by atoms with E-state index in [1.54, 1.807) is 0 Å². The number of aryl methyl sites for hydroxylation is 1. The SMILES string of the molecule is [NH3+]CCCc1c[nH]c2cc(Cl)ccc12. The van der Waals surface area contributed by atoms with Gasteiger partial charge in [-0.1, -0.05) is 17.7 Å². The van der Waals surface area contributed by atoms with Gasteiger partial charge in [-0.15, -0.1) is 0 Å². The van der Waals surface area contributed by atoms with Crippen LogP contribution in [0.1, 0.15) is 12.0 Å². The average Bonchev–Trinajstić information content (AvgIpc) is 2.57. The van der Waals surface area contributed by atoms with E-state index >= 15 is 0 Å². The summed E-state index contributed by atoms with van der Waals surface area (Å²) in [6.07, 6.45) is 4.29. The zero-order chi connectivity index (χ0) is 9.97. The Balaban J connectivity index is 2.37. The van der Waals surface area contributed by atoms with Gasteiger partial charge in [-0.05, 0) is 24.1 Å². The Kier molecular flexibility index (Phi) is 2.75. The molecule has 0 aliphatic carbocycles. The zero-order valence-electron chi connectivity index (χ0n) is 8.02. The lowest BCUT2D eigenvalue weighted by atomic mass is 10.1. The minimum atomic E-state index is 0.781. The molecule has 0 bridgehead atoms. The van der Waals surface area contributed by atoms with Gasteiger partial charge in [-0.3, -0.25) is 0 Å². The van der Waals surface area contributed by atoms with E-state index in [1.807, 2.05) is 12.1 Å². The highest BCUT2D eigenvalue weighted by atomic mass is 35.5. The normalized spacial score (nSPS) is 11.0. The smallest absolute Gasteiger partial charge is 0.0743 e. The summed E-state index contributed by atoms with van der Waals surface area (Å²) < 4.78 is 0. The van der Waals surface area contributed by atoms with Gasteiger partial charge in [0.2, 0.25) is 0 Å². The molecule has 0 aliphatic rings. The third kappa shape index (κ3) is 1.76. The Hall–Kier alpha value is -0.990. The van der Waals surface area contributed by atoms with Crippen molar-refractivity contribution < 1.29 is 5.73 Å². The molecule has 74 valence electrons. The van der Waals surface area contributed by atoms with Gasteiger partial charge in [0.15, 0.2) is 0 Å². The van der Waals surface area contributed by atoms with Crippen molar-refractivity contribution >= 4 is 22.5 Å². The first-order valence-corrected chi connectivity index (χ1v) is 5.24. The van der Waals surface area contributed by atoms with Crippen LogP contribution in [0.3, 0.4) is 0 Å². The van der Waals surface area contributed by atoms with Crippen LogP contribution in [0.5, 0.6) is 0 Å². The predicted octanol–water partition coefficient (Wildman–Crippen LogP) is 2.00. The second-order valence-electron chi connectivity index (χ2n) is 3.46. The molecule has 0 saturated heterocycles. The molecule has 2 aromatic rings. The molecular formula is C11H14ClN2+. The van der Waals surface area contributed by atoms with Crippen molar-refractivity contribution in [2.45, 2.75) is 12.8 Å². The van der Waals surface area contributed by atoms with Crippen molar-refractivity contribution in [3.8, 4) is 0 Å². The molecule has 3 heteroatoms. The maximum atomic E-state index is 5.90. The summed E-state index contributed by atoms with van der Waals surface area (Å²) in [7, 11) is 0. The van der Waals surface area contributed by atoms with Gasteiger partial charge in [0.25, 0.3) is 0 Å². The van der Waals surface area contributed by atoms with Gasteiger partial charge in [-0.2, -0.15) is 0 Å².